The van der Waals surface area contributed by atoms with Crippen LogP contribution < -0.4 is 23.8 Å². The number of rotatable bonds is 17. The molecule has 4 aromatic carbocycles. The molecule has 0 unspecified atom stereocenters. The number of anilines is 1. The zero-order valence-electron chi connectivity index (χ0n) is 29.0. The summed E-state index contributed by atoms with van der Waals surface area (Å²) in [6.07, 6.45) is 0.887. The van der Waals surface area contributed by atoms with Crippen LogP contribution in [0.25, 0.3) is 0 Å². The average molecular weight is 722 g/mol. The molecule has 4 rings (SSSR count). The lowest BCUT2D eigenvalue weighted by Gasteiger charge is -2.34. The molecule has 0 radical (unpaired) electrons. The predicted octanol–water partition coefficient (Wildman–Crippen LogP) is 6.51. The molecule has 2 atom stereocenters. The number of carbonyl (C=O) groups is 2. The quantitative estimate of drug-likeness (QED) is 0.132. The Morgan fingerprint density at radius 2 is 1.50 bits per heavy atom. The van der Waals surface area contributed by atoms with Gasteiger partial charge in [-0.3, -0.25) is 13.9 Å². The molecule has 266 valence electrons. The Bertz CT molecular complexity index is 1820. The van der Waals surface area contributed by atoms with Gasteiger partial charge in [-0.1, -0.05) is 61.0 Å². The number of methoxy groups -OCH3 is 2. The van der Waals surface area contributed by atoms with Gasteiger partial charge in [0.2, 0.25) is 11.8 Å². The number of halogens is 1. The van der Waals surface area contributed by atoms with Gasteiger partial charge in [-0.25, -0.2) is 8.42 Å². The second-order valence-electron chi connectivity index (χ2n) is 11.6. The molecular weight excluding hydrogens is 678 g/mol. The van der Waals surface area contributed by atoms with Crippen molar-refractivity contribution in [1.82, 2.24) is 10.2 Å². The first-order chi connectivity index (χ1) is 24.0. The van der Waals surface area contributed by atoms with Gasteiger partial charge in [0.25, 0.3) is 10.0 Å². The highest BCUT2D eigenvalue weighted by atomic mass is 35.5. The zero-order chi connectivity index (χ0) is 36.3. The van der Waals surface area contributed by atoms with Gasteiger partial charge in [-0.15, -0.1) is 0 Å². The Morgan fingerprint density at radius 3 is 2.10 bits per heavy atom. The van der Waals surface area contributed by atoms with E-state index in [1.807, 2.05) is 51.1 Å². The smallest absolute Gasteiger partial charge is 0.264 e. The van der Waals surface area contributed by atoms with Crippen molar-refractivity contribution >= 4 is 39.1 Å². The minimum absolute atomic E-state index is 0.0228. The minimum atomic E-state index is -4.38. The second kappa shape index (κ2) is 17.8. The monoisotopic (exact) mass is 721 g/mol. The van der Waals surface area contributed by atoms with Gasteiger partial charge in [-0.05, 0) is 79.9 Å². The number of hydrogen-bond donors (Lipinski definition) is 1. The number of nitrogens with one attached hydrogen (secondary N) is 1. The van der Waals surface area contributed by atoms with Gasteiger partial charge in [-0.2, -0.15) is 0 Å². The highest BCUT2D eigenvalue weighted by molar-refractivity contribution is 7.92. The van der Waals surface area contributed by atoms with Crippen LogP contribution in [0.2, 0.25) is 5.02 Å². The van der Waals surface area contributed by atoms with E-state index in [2.05, 4.69) is 5.32 Å². The lowest BCUT2D eigenvalue weighted by molar-refractivity contribution is -0.140. The molecule has 10 nitrogen and oxygen atoms in total. The largest absolute Gasteiger partial charge is 0.494 e. The third-order valence-electron chi connectivity index (χ3n) is 8.20. The molecule has 0 aliphatic rings. The molecule has 0 spiro atoms. The van der Waals surface area contributed by atoms with Crippen LogP contribution in [0, 0.1) is 0 Å². The molecule has 0 aliphatic heterocycles. The summed E-state index contributed by atoms with van der Waals surface area (Å²) in [4.78, 5) is 30.0. The highest BCUT2D eigenvalue weighted by Gasteiger charge is 2.35. The number of nitrogens with zero attached hydrogens (tertiary/aromatic N) is 2. The molecule has 1 N–H and O–H groups in total. The topological polar surface area (TPSA) is 114 Å². The van der Waals surface area contributed by atoms with E-state index in [9.17, 15) is 18.0 Å². The lowest BCUT2D eigenvalue weighted by Crippen LogP contribution is -2.54. The van der Waals surface area contributed by atoms with Crippen LogP contribution in [0.4, 0.5) is 5.69 Å². The average Bonchev–Trinajstić information content (AvgIpc) is 3.13. The molecule has 12 heteroatoms. The minimum Gasteiger partial charge on any atom is -0.494 e. The molecule has 0 saturated heterocycles. The van der Waals surface area contributed by atoms with E-state index in [1.165, 1.54) is 37.3 Å². The molecule has 0 fully saturated rings. The number of benzene rings is 4. The maximum absolute atomic E-state index is 14.7. The number of sulfonamides is 1. The molecule has 0 heterocycles. The van der Waals surface area contributed by atoms with Crippen molar-refractivity contribution in [3.63, 3.8) is 0 Å². The standard InChI is InChI=1S/C38H44ClN3O7S/c1-6-27(3)40-38(44)34(23-28-11-9-8-10-12-28)41(25-29-13-15-30(39)16-14-29)37(43)26-42(31-17-19-32(20-18-31)49-7-2)50(45,46)33-21-22-35(47-4)36(24-33)48-5/h8-22,24,27,34H,6-7,23,25-26H2,1-5H3,(H,40,44)/t27-,34+/m0/s1. The Labute approximate surface area is 300 Å². The third kappa shape index (κ3) is 9.70. The zero-order valence-corrected chi connectivity index (χ0v) is 30.5. The fraction of sp³-hybridized carbons (Fsp3) is 0.316. The molecule has 4 aromatic rings. The van der Waals surface area contributed by atoms with Crippen LogP contribution in [0.3, 0.4) is 0 Å². The van der Waals surface area contributed by atoms with Crippen molar-refractivity contribution in [2.45, 2.75) is 57.1 Å². The van der Waals surface area contributed by atoms with Crippen LogP contribution in [0.5, 0.6) is 17.2 Å². The molecule has 0 aromatic heterocycles. The Kier molecular flexibility index (Phi) is 13.5. The van der Waals surface area contributed by atoms with Crippen LogP contribution in [0.1, 0.15) is 38.3 Å². The van der Waals surface area contributed by atoms with E-state index in [4.69, 9.17) is 25.8 Å². The van der Waals surface area contributed by atoms with Gasteiger partial charge >= 0.3 is 0 Å². The Morgan fingerprint density at radius 1 is 0.840 bits per heavy atom. The van der Waals surface area contributed by atoms with Gasteiger partial charge in [0.05, 0.1) is 31.4 Å². The normalized spacial score (nSPS) is 12.4. The number of carbonyl (C=O) groups excluding carboxylic acids is 2. The van der Waals surface area contributed by atoms with E-state index >= 15 is 0 Å². The summed E-state index contributed by atoms with van der Waals surface area (Å²) in [7, 11) is -1.52. The summed E-state index contributed by atoms with van der Waals surface area (Å²) in [5.41, 5.74) is 1.78. The van der Waals surface area contributed by atoms with Crippen molar-refractivity contribution in [3.05, 3.63) is 113 Å². The SMILES string of the molecule is CCOc1ccc(N(CC(=O)N(Cc2ccc(Cl)cc2)[C@H](Cc2ccccc2)C(=O)N[C@@H](C)CC)S(=O)(=O)c2ccc(OC)c(OC)c2)cc1. The van der Waals surface area contributed by atoms with Crippen molar-refractivity contribution in [2.75, 3.05) is 31.7 Å². The maximum Gasteiger partial charge on any atom is 0.264 e. The van der Waals surface area contributed by atoms with Crippen molar-refractivity contribution in [3.8, 4) is 17.2 Å². The molecular formula is C38H44ClN3O7S. The highest BCUT2D eigenvalue weighted by Crippen LogP contribution is 2.33. The predicted molar refractivity (Wildman–Crippen MR) is 196 cm³/mol. The molecule has 2 amide bonds. The molecule has 0 saturated carbocycles. The van der Waals surface area contributed by atoms with E-state index in [-0.39, 0.29) is 41.2 Å². The Balaban J connectivity index is 1.83. The van der Waals surface area contributed by atoms with Crippen LogP contribution in [-0.2, 0) is 32.6 Å². The van der Waals surface area contributed by atoms with Crippen LogP contribution in [-0.4, -0.2) is 64.6 Å². The first-order valence-electron chi connectivity index (χ1n) is 16.4. The van der Waals surface area contributed by atoms with Crippen molar-refractivity contribution < 1.29 is 32.2 Å². The van der Waals surface area contributed by atoms with Gasteiger partial charge < -0.3 is 24.4 Å². The number of amides is 2. The first kappa shape index (κ1) is 38.1. The summed E-state index contributed by atoms with van der Waals surface area (Å²) in [5, 5.41) is 3.56. The summed E-state index contributed by atoms with van der Waals surface area (Å²) >= 11 is 6.18. The van der Waals surface area contributed by atoms with Gasteiger partial charge in [0.1, 0.15) is 18.3 Å². The maximum atomic E-state index is 14.7. The number of ether oxygens (including phenoxy) is 3. The summed E-state index contributed by atoms with van der Waals surface area (Å²) in [5.74, 6) is 0.167. The number of hydrogen-bond acceptors (Lipinski definition) is 7. The summed E-state index contributed by atoms with van der Waals surface area (Å²) in [6, 6.07) is 25.9. The van der Waals surface area contributed by atoms with Gasteiger partial charge in [0, 0.05) is 30.1 Å². The second-order valence-corrected chi connectivity index (χ2v) is 13.9. The fourth-order valence-corrected chi connectivity index (χ4v) is 6.85. The van der Waals surface area contributed by atoms with Crippen molar-refractivity contribution in [2.24, 2.45) is 0 Å². The summed E-state index contributed by atoms with van der Waals surface area (Å²) < 4.78 is 46.3. The molecule has 0 aliphatic carbocycles. The molecule has 50 heavy (non-hydrogen) atoms. The van der Waals surface area contributed by atoms with Crippen LogP contribution >= 0.6 is 11.6 Å². The van der Waals surface area contributed by atoms with E-state index < -0.39 is 28.5 Å². The fourth-order valence-electron chi connectivity index (χ4n) is 5.29. The van der Waals surface area contributed by atoms with E-state index in [1.54, 1.807) is 48.5 Å². The Hall–Kier alpha value is -4.74. The van der Waals surface area contributed by atoms with Crippen molar-refractivity contribution in [1.29, 1.82) is 0 Å². The molecule has 0 bridgehead atoms. The first-order valence-corrected chi connectivity index (χ1v) is 18.2. The summed E-state index contributed by atoms with van der Waals surface area (Å²) in [6.45, 7) is 5.54. The lowest BCUT2D eigenvalue weighted by atomic mass is 10.0. The van der Waals surface area contributed by atoms with Gasteiger partial charge in [0.15, 0.2) is 11.5 Å². The third-order valence-corrected chi connectivity index (χ3v) is 10.2. The van der Waals surface area contributed by atoms with E-state index in [0.717, 1.165) is 9.87 Å². The van der Waals surface area contributed by atoms with E-state index in [0.29, 0.717) is 35.1 Å². The van der Waals surface area contributed by atoms with Crippen LogP contribution in [0.15, 0.2) is 102 Å².